The molecule has 0 fully saturated rings. The van der Waals surface area contributed by atoms with Gasteiger partial charge in [-0.2, -0.15) is 0 Å². The average molecular weight is 599 g/mol. The molecule has 222 valence electrons. The Labute approximate surface area is 255 Å². The lowest BCUT2D eigenvalue weighted by atomic mass is 10.0. The fourth-order valence-corrected chi connectivity index (χ4v) is 5.15. The van der Waals surface area contributed by atoms with Crippen molar-refractivity contribution in [1.82, 2.24) is 10.3 Å². The number of ether oxygens (including phenoxy) is 3. The number of nitrogens with zero attached hydrogens (tertiary/aromatic N) is 1. The number of aryl methyl sites for hydroxylation is 1. The molecule has 4 aromatic rings. The summed E-state index contributed by atoms with van der Waals surface area (Å²) in [4.78, 5) is 42.1. The molecule has 43 heavy (non-hydrogen) atoms. The van der Waals surface area contributed by atoms with Crippen molar-refractivity contribution in [1.29, 1.82) is 0 Å². The van der Waals surface area contributed by atoms with Crippen LogP contribution in [0.1, 0.15) is 53.3 Å². The number of amides is 1. The number of aromatic nitrogens is 1. The van der Waals surface area contributed by atoms with Gasteiger partial charge in [-0.15, -0.1) is 11.3 Å². The van der Waals surface area contributed by atoms with E-state index in [1.54, 1.807) is 32.1 Å². The van der Waals surface area contributed by atoms with Crippen LogP contribution in [0.25, 0.3) is 27.8 Å². The molecule has 1 unspecified atom stereocenters. The normalized spacial score (nSPS) is 11.6. The zero-order valence-electron chi connectivity index (χ0n) is 24.6. The molecule has 0 bridgehead atoms. The maximum absolute atomic E-state index is 12.5. The molecule has 1 aromatic heterocycles. The van der Waals surface area contributed by atoms with E-state index in [0.717, 1.165) is 27.1 Å². The lowest BCUT2D eigenvalue weighted by Crippen LogP contribution is -2.24. The molecule has 0 saturated heterocycles. The number of rotatable bonds is 12. The monoisotopic (exact) mass is 598 g/mol. The molecule has 0 spiro atoms. The van der Waals surface area contributed by atoms with Crippen molar-refractivity contribution in [3.05, 3.63) is 101 Å². The number of hydrogen-bond donors (Lipinski definition) is 1. The Bertz CT molecular complexity index is 1570. The van der Waals surface area contributed by atoms with Gasteiger partial charge in [-0.3, -0.25) is 4.79 Å². The summed E-state index contributed by atoms with van der Waals surface area (Å²) < 4.78 is 15.6. The molecule has 1 heterocycles. The number of benzene rings is 3. The molecule has 1 N–H and O–H groups in total. The first kappa shape index (κ1) is 31.2. The lowest BCUT2D eigenvalue weighted by Gasteiger charge is -2.13. The summed E-state index contributed by atoms with van der Waals surface area (Å²) in [5.41, 5.74) is 5.31. The van der Waals surface area contributed by atoms with E-state index in [4.69, 9.17) is 14.2 Å². The van der Waals surface area contributed by atoms with Crippen molar-refractivity contribution in [3.8, 4) is 27.4 Å². The molecule has 9 heteroatoms. The Morgan fingerprint density at radius 2 is 1.53 bits per heavy atom. The van der Waals surface area contributed by atoms with Crippen LogP contribution in [-0.2, 0) is 19.1 Å². The predicted molar refractivity (Wildman–Crippen MR) is 168 cm³/mol. The van der Waals surface area contributed by atoms with Gasteiger partial charge in [-0.25, -0.2) is 14.6 Å². The molecule has 4 rings (SSSR count). The Kier molecular flexibility index (Phi) is 10.8. The second-order valence-electron chi connectivity index (χ2n) is 9.63. The first-order valence-corrected chi connectivity index (χ1v) is 14.8. The number of esters is 2. The number of carbonyl (C=O) groups is 3. The van der Waals surface area contributed by atoms with Gasteiger partial charge in [-0.1, -0.05) is 54.1 Å². The van der Waals surface area contributed by atoms with Gasteiger partial charge >= 0.3 is 11.9 Å². The second kappa shape index (κ2) is 14.9. The third kappa shape index (κ3) is 8.62. The van der Waals surface area contributed by atoms with Crippen molar-refractivity contribution in [3.63, 3.8) is 0 Å². The Morgan fingerprint density at radius 1 is 0.884 bits per heavy atom. The molecule has 0 aliphatic heterocycles. The zero-order valence-corrected chi connectivity index (χ0v) is 25.4. The highest BCUT2D eigenvalue weighted by atomic mass is 32.1. The third-order valence-electron chi connectivity index (χ3n) is 6.40. The predicted octanol–water partition coefficient (Wildman–Crippen LogP) is 6.79. The van der Waals surface area contributed by atoms with Gasteiger partial charge in [0, 0.05) is 11.6 Å². The Balaban J connectivity index is 1.50. The molecule has 0 aliphatic rings. The van der Waals surface area contributed by atoms with Gasteiger partial charge in [0.25, 0.3) is 0 Å². The van der Waals surface area contributed by atoms with Gasteiger partial charge in [-0.05, 0) is 74.7 Å². The summed E-state index contributed by atoms with van der Waals surface area (Å²) >= 11 is 1.25. The number of thiazole rings is 1. The molecule has 1 atom stereocenters. The van der Waals surface area contributed by atoms with Gasteiger partial charge in [0.2, 0.25) is 10.9 Å². The van der Waals surface area contributed by atoms with Crippen LogP contribution in [-0.4, -0.2) is 42.7 Å². The fourth-order valence-electron chi connectivity index (χ4n) is 4.16. The average Bonchev–Trinajstić information content (AvgIpc) is 3.46. The number of hydrogen-bond acceptors (Lipinski definition) is 8. The van der Waals surface area contributed by atoms with Crippen molar-refractivity contribution in [2.75, 3.05) is 19.8 Å². The maximum Gasteiger partial charge on any atom is 0.367 e. The molecule has 1 amide bonds. The smallest absolute Gasteiger partial charge is 0.367 e. The van der Waals surface area contributed by atoms with Crippen molar-refractivity contribution in [2.45, 2.75) is 33.7 Å². The van der Waals surface area contributed by atoms with Gasteiger partial charge in [0.15, 0.2) is 6.61 Å². The minimum atomic E-state index is -0.486. The summed E-state index contributed by atoms with van der Waals surface area (Å²) in [6, 6.07) is 22.7. The standard InChI is InChI=1S/C34H34N2O6S/c1-5-40-30(38)21-42-28-18-16-26(17-19-28)31-32(43-33(36-31)34(39)41-6-2)27-14-9-24(10-15-27)11-20-29(37)35-23(4)25-12-7-22(3)8-13-25/h7-20,23H,5-6,21H2,1-4H3,(H,35,37)/b20-11+. The minimum Gasteiger partial charge on any atom is -0.482 e. The summed E-state index contributed by atoms with van der Waals surface area (Å²) in [6.07, 6.45) is 3.27. The Hall–Kier alpha value is -4.76. The van der Waals surface area contributed by atoms with E-state index in [0.29, 0.717) is 11.4 Å². The van der Waals surface area contributed by atoms with Crippen LogP contribution in [0.2, 0.25) is 0 Å². The first-order chi connectivity index (χ1) is 20.8. The van der Waals surface area contributed by atoms with Crippen LogP contribution >= 0.6 is 11.3 Å². The maximum atomic E-state index is 12.5. The summed E-state index contributed by atoms with van der Waals surface area (Å²) in [6.45, 7) is 7.81. The van der Waals surface area contributed by atoms with E-state index in [-0.39, 0.29) is 36.8 Å². The van der Waals surface area contributed by atoms with Gasteiger partial charge < -0.3 is 19.5 Å². The van der Waals surface area contributed by atoms with Crippen molar-refractivity contribution >= 4 is 35.3 Å². The van der Waals surface area contributed by atoms with Crippen molar-refractivity contribution in [2.24, 2.45) is 0 Å². The number of carbonyl (C=O) groups excluding carboxylic acids is 3. The topological polar surface area (TPSA) is 104 Å². The van der Waals surface area contributed by atoms with Crippen LogP contribution in [0.4, 0.5) is 0 Å². The van der Waals surface area contributed by atoms with Crippen molar-refractivity contribution < 1.29 is 28.6 Å². The van der Waals surface area contributed by atoms with Crippen LogP contribution in [0.3, 0.4) is 0 Å². The Morgan fingerprint density at radius 3 is 2.19 bits per heavy atom. The van der Waals surface area contributed by atoms with E-state index in [1.807, 2.05) is 74.5 Å². The molecule has 0 saturated carbocycles. The van der Waals surface area contributed by atoms with E-state index in [9.17, 15) is 14.4 Å². The van der Waals surface area contributed by atoms with Gasteiger partial charge in [0.1, 0.15) is 5.75 Å². The van der Waals surface area contributed by atoms with E-state index in [2.05, 4.69) is 10.3 Å². The molecular formula is C34H34N2O6S. The van der Waals surface area contributed by atoms with E-state index in [1.165, 1.54) is 23.0 Å². The molecular weight excluding hydrogens is 564 g/mol. The SMILES string of the molecule is CCOC(=O)COc1ccc(-c2nc(C(=O)OCC)sc2-c2ccc(/C=C/C(=O)NC(C)c3ccc(C)cc3)cc2)cc1. The zero-order chi connectivity index (χ0) is 30.8. The fraction of sp³-hybridized carbons (Fsp3) is 0.235. The second-order valence-corrected chi connectivity index (χ2v) is 10.6. The highest BCUT2D eigenvalue weighted by Crippen LogP contribution is 2.38. The van der Waals surface area contributed by atoms with Crippen LogP contribution < -0.4 is 10.1 Å². The highest BCUT2D eigenvalue weighted by Gasteiger charge is 2.20. The van der Waals surface area contributed by atoms with Gasteiger partial charge in [0.05, 0.1) is 29.8 Å². The summed E-state index contributed by atoms with van der Waals surface area (Å²) in [7, 11) is 0. The molecule has 3 aromatic carbocycles. The first-order valence-electron chi connectivity index (χ1n) is 14.0. The van der Waals surface area contributed by atoms with E-state index >= 15 is 0 Å². The summed E-state index contributed by atoms with van der Waals surface area (Å²) in [5.74, 6) is -0.605. The minimum absolute atomic E-state index is 0.114. The van der Waals surface area contributed by atoms with Crippen LogP contribution in [0.5, 0.6) is 5.75 Å². The molecule has 8 nitrogen and oxygen atoms in total. The van der Waals surface area contributed by atoms with Crippen LogP contribution in [0, 0.1) is 6.92 Å². The largest absolute Gasteiger partial charge is 0.482 e. The summed E-state index contributed by atoms with van der Waals surface area (Å²) in [5, 5.41) is 3.24. The van der Waals surface area contributed by atoms with Crippen LogP contribution in [0.15, 0.2) is 78.9 Å². The lowest BCUT2D eigenvalue weighted by molar-refractivity contribution is -0.145. The number of nitrogens with one attached hydrogen (secondary N) is 1. The highest BCUT2D eigenvalue weighted by molar-refractivity contribution is 7.17. The quantitative estimate of drug-likeness (QED) is 0.141. The van der Waals surface area contributed by atoms with E-state index < -0.39 is 11.9 Å². The molecule has 0 radical (unpaired) electrons. The molecule has 0 aliphatic carbocycles. The third-order valence-corrected chi connectivity index (χ3v) is 7.49.